The van der Waals surface area contributed by atoms with Crippen LogP contribution in [0.1, 0.15) is 12.8 Å². The number of halogens is 3. The molecule has 0 saturated carbocycles. The number of nitrogens with zero attached hydrogens (tertiary/aromatic N) is 2. The molecule has 30 heavy (non-hydrogen) atoms. The number of hydrogen-bond donors (Lipinski definition) is 1. The number of thiophene rings is 1. The first kappa shape index (κ1) is 21.3. The maximum absolute atomic E-state index is 13.4. The van der Waals surface area contributed by atoms with Crippen molar-refractivity contribution in [2.24, 2.45) is 0 Å². The number of amides is 1. The lowest BCUT2D eigenvalue weighted by atomic mass is 10.2. The highest BCUT2D eigenvalue weighted by Gasteiger charge is 2.40. The molecule has 1 saturated heterocycles. The van der Waals surface area contributed by atoms with E-state index in [1.54, 1.807) is 5.38 Å². The van der Waals surface area contributed by atoms with E-state index in [1.807, 2.05) is 0 Å². The highest BCUT2D eigenvalue weighted by Crippen LogP contribution is 2.33. The van der Waals surface area contributed by atoms with Crippen LogP contribution in [0.2, 0.25) is 4.34 Å². The van der Waals surface area contributed by atoms with Crippen LogP contribution < -0.4 is 5.32 Å². The van der Waals surface area contributed by atoms with E-state index in [2.05, 4.69) is 10.3 Å². The quantitative estimate of drug-likeness (QED) is 0.568. The molecule has 1 amide bonds. The second kappa shape index (κ2) is 8.31. The zero-order valence-electron chi connectivity index (χ0n) is 15.1. The Morgan fingerprint density at radius 2 is 2.03 bits per heavy atom. The van der Waals surface area contributed by atoms with Crippen molar-refractivity contribution in [2.45, 2.75) is 23.1 Å². The Balaban J connectivity index is 1.51. The van der Waals surface area contributed by atoms with E-state index in [-0.39, 0.29) is 15.9 Å². The fourth-order valence-electron chi connectivity index (χ4n) is 3.15. The number of benzene rings is 1. The molecule has 1 aliphatic rings. The van der Waals surface area contributed by atoms with Gasteiger partial charge >= 0.3 is 0 Å². The van der Waals surface area contributed by atoms with Crippen LogP contribution >= 0.6 is 34.3 Å². The van der Waals surface area contributed by atoms with Crippen LogP contribution in [-0.4, -0.2) is 36.2 Å². The fraction of sp³-hybridized carbons (Fsp3) is 0.222. The van der Waals surface area contributed by atoms with Crippen LogP contribution in [-0.2, 0) is 14.8 Å². The van der Waals surface area contributed by atoms with Crippen LogP contribution in [0.15, 0.2) is 39.9 Å². The molecule has 0 radical (unpaired) electrons. The van der Waals surface area contributed by atoms with Crippen LogP contribution in [0.4, 0.5) is 13.9 Å². The first-order valence-corrected chi connectivity index (χ1v) is 12.3. The Morgan fingerprint density at radius 3 is 2.73 bits per heavy atom. The maximum atomic E-state index is 13.4. The van der Waals surface area contributed by atoms with E-state index in [0.717, 1.165) is 34.8 Å². The highest BCUT2D eigenvalue weighted by molar-refractivity contribution is 7.91. The lowest BCUT2D eigenvalue weighted by molar-refractivity contribution is -0.119. The number of nitrogens with one attached hydrogen (secondary N) is 1. The summed E-state index contributed by atoms with van der Waals surface area (Å²) >= 11 is 7.90. The third-order valence-electron chi connectivity index (χ3n) is 4.57. The number of carbonyl (C=O) groups is 1. The third-order valence-corrected chi connectivity index (χ3v) is 8.93. The lowest BCUT2D eigenvalue weighted by Gasteiger charge is -2.22. The molecule has 0 bridgehead atoms. The number of carbonyl (C=O) groups excluding carboxylic acids is 1. The summed E-state index contributed by atoms with van der Waals surface area (Å²) in [5.74, 6) is -2.45. The Hall–Kier alpha value is -1.92. The molecule has 1 fully saturated rings. The minimum atomic E-state index is -3.84. The predicted molar refractivity (Wildman–Crippen MR) is 112 cm³/mol. The van der Waals surface area contributed by atoms with E-state index in [9.17, 15) is 22.0 Å². The number of sulfonamides is 1. The van der Waals surface area contributed by atoms with Crippen LogP contribution in [0.3, 0.4) is 0 Å². The van der Waals surface area contributed by atoms with Crippen molar-refractivity contribution in [1.29, 1.82) is 0 Å². The van der Waals surface area contributed by atoms with Gasteiger partial charge in [-0.25, -0.2) is 22.2 Å². The Kier molecular flexibility index (Phi) is 5.90. The molecule has 1 aromatic carbocycles. The van der Waals surface area contributed by atoms with Gasteiger partial charge in [-0.05, 0) is 43.2 Å². The third kappa shape index (κ3) is 4.12. The largest absolute Gasteiger partial charge is 0.301 e. The van der Waals surface area contributed by atoms with E-state index in [4.69, 9.17) is 11.6 Å². The summed E-state index contributed by atoms with van der Waals surface area (Å²) in [4.78, 5) is 17.0. The second-order valence-electron chi connectivity index (χ2n) is 6.49. The zero-order valence-corrected chi connectivity index (χ0v) is 18.3. The van der Waals surface area contributed by atoms with Gasteiger partial charge in [-0.2, -0.15) is 4.31 Å². The summed E-state index contributed by atoms with van der Waals surface area (Å²) in [6.45, 7) is 0.230. The minimum Gasteiger partial charge on any atom is -0.301 e. The second-order valence-corrected chi connectivity index (χ2v) is 11.2. The van der Waals surface area contributed by atoms with Gasteiger partial charge in [0.2, 0.25) is 5.91 Å². The number of thiazole rings is 1. The SMILES string of the molecule is O=C(Nc1nc(-c2ccc(F)c(F)c2)cs1)C1CCCN1S(=O)(=O)c1ccc(Cl)s1. The van der Waals surface area contributed by atoms with Gasteiger partial charge < -0.3 is 5.32 Å². The van der Waals surface area contributed by atoms with Crippen molar-refractivity contribution in [1.82, 2.24) is 9.29 Å². The summed E-state index contributed by atoms with van der Waals surface area (Å²) < 4.78 is 53.9. The first-order valence-electron chi connectivity index (χ1n) is 8.75. The Morgan fingerprint density at radius 1 is 1.23 bits per heavy atom. The van der Waals surface area contributed by atoms with Crippen LogP contribution in [0.5, 0.6) is 0 Å². The molecule has 1 atom stereocenters. The van der Waals surface area contributed by atoms with Gasteiger partial charge in [0, 0.05) is 17.5 Å². The van der Waals surface area contributed by atoms with Gasteiger partial charge in [-0.1, -0.05) is 11.6 Å². The molecule has 3 heterocycles. The minimum absolute atomic E-state index is 0.0853. The van der Waals surface area contributed by atoms with Gasteiger partial charge in [0.25, 0.3) is 10.0 Å². The maximum Gasteiger partial charge on any atom is 0.253 e. The molecule has 2 aromatic heterocycles. The lowest BCUT2D eigenvalue weighted by Crippen LogP contribution is -2.42. The summed E-state index contributed by atoms with van der Waals surface area (Å²) in [5.41, 5.74) is 0.739. The van der Waals surface area contributed by atoms with Crippen LogP contribution in [0, 0.1) is 11.6 Å². The molecule has 158 valence electrons. The molecular weight excluding hydrogens is 476 g/mol. The standard InChI is InChI=1S/C18H14ClF2N3O3S3/c19-15-5-6-16(29-15)30(26,27)24-7-1-2-14(24)17(25)23-18-22-13(9-28-18)10-3-4-11(20)12(21)8-10/h3-6,8-9,14H,1-2,7H2,(H,22,23,25). The number of anilines is 1. The van der Waals surface area contributed by atoms with E-state index < -0.39 is 33.6 Å². The summed E-state index contributed by atoms with van der Waals surface area (Å²) in [6, 6.07) is 5.46. The molecule has 6 nitrogen and oxygen atoms in total. The number of rotatable bonds is 5. The van der Waals surface area contributed by atoms with Crippen molar-refractivity contribution in [3.63, 3.8) is 0 Å². The number of hydrogen-bond acceptors (Lipinski definition) is 6. The molecule has 1 aliphatic heterocycles. The van der Waals surface area contributed by atoms with Gasteiger partial charge in [0.05, 0.1) is 10.0 Å². The zero-order chi connectivity index (χ0) is 21.5. The van der Waals surface area contributed by atoms with Crippen molar-refractivity contribution >= 4 is 55.3 Å². The van der Waals surface area contributed by atoms with E-state index in [1.165, 1.54) is 22.5 Å². The van der Waals surface area contributed by atoms with Crippen molar-refractivity contribution in [3.05, 3.63) is 51.7 Å². The van der Waals surface area contributed by atoms with E-state index >= 15 is 0 Å². The Labute approximate surface area is 184 Å². The normalized spacial score (nSPS) is 17.4. The first-order chi connectivity index (χ1) is 14.3. The molecule has 1 unspecified atom stereocenters. The predicted octanol–water partition coefficient (Wildman–Crippen LogP) is 4.60. The van der Waals surface area contributed by atoms with E-state index in [0.29, 0.717) is 28.4 Å². The van der Waals surface area contributed by atoms with Gasteiger partial charge in [0.15, 0.2) is 16.8 Å². The van der Waals surface area contributed by atoms with Crippen molar-refractivity contribution in [2.75, 3.05) is 11.9 Å². The van der Waals surface area contributed by atoms with Gasteiger partial charge in [-0.3, -0.25) is 4.79 Å². The van der Waals surface area contributed by atoms with Gasteiger partial charge in [-0.15, -0.1) is 22.7 Å². The molecule has 3 aromatic rings. The molecule has 0 aliphatic carbocycles. The highest BCUT2D eigenvalue weighted by atomic mass is 35.5. The molecule has 12 heteroatoms. The average molecular weight is 490 g/mol. The monoisotopic (exact) mass is 489 g/mol. The number of aromatic nitrogens is 1. The molecule has 0 spiro atoms. The molecule has 4 rings (SSSR count). The van der Waals surface area contributed by atoms with Crippen molar-refractivity contribution < 1.29 is 22.0 Å². The smallest absolute Gasteiger partial charge is 0.253 e. The fourth-order valence-corrected chi connectivity index (χ4v) is 7.14. The average Bonchev–Trinajstić information content (AvgIpc) is 3.44. The molecular formula is C18H14ClF2N3O3S3. The topological polar surface area (TPSA) is 79.4 Å². The van der Waals surface area contributed by atoms with Crippen molar-refractivity contribution in [3.8, 4) is 11.3 Å². The summed E-state index contributed by atoms with van der Waals surface area (Å²) in [6.07, 6.45) is 0.931. The Bertz CT molecular complexity index is 1210. The van der Waals surface area contributed by atoms with Crippen LogP contribution in [0.25, 0.3) is 11.3 Å². The molecule has 1 N–H and O–H groups in total. The van der Waals surface area contributed by atoms with Gasteiger partial charge in [0.1, 0.15) is 10.3 Å². The summed E-state index contributed by atoms with van der Waals surface area (Å²) in [7, 11) is -3.84. The summed E-state index contributed by atoms with van der Waals surface area (Å²) in [5, 5.41) is 4.47.